The van der Waals surface area contributed by atoms with Gasteiger partial charge in [-0.2, -0.15) is 5.26 Å². The zero-order valence-corrected chi connectivity index (χ0v) is 10.4. The van der Waals surface area contributed by atoms with Crippen molar-refractivity contribution in [1.29, 1.82) is 5.26 Å². The molecule has 0 N–H and O–H groups in total. The highest BCUT2D eigenvalue weighted by atomic mass is 16.5. The van der Waals surface area contributed by atoms with Gasteiger partial charge in [0.15, 0.2) is 5.41 Å². The van der Waals surface area contributed by atoms with Crippen LogP contribution in [0, 0.1) is 35.0 Å². The van der Waals surface area contributed by atoms with Crippen LogP contribution in [0.5, 0.6) is 0 Å². The number of nitriles is 1. The molecule has 17 heavy (non-hydrogen) atoms. The molecule has 1 saturated carbocycles. The Morgan fingerprint density at radius 1 is 1.47 bits per heavy atom. The van der Waals surface area contributed by atoms with E-state index in [1.54, 1.807) is 6.92 Å². The minimum Gasteiger partial charge on any atom is -0.465 e. The van der Waals surface area contributed by atoms with E-state index < -0.39 is 11.4 Å². The van der Waals surface area contributed by atoms with Crippen LogP contribution in [0.15, 0.2) is 0 Å². The molecule has 0 spiro atoms. The predicted molar refractivity (Wildman–Crippen MR) is 64.7 cm³/mol. The summed E-state index contributed by atoms with van der Waals surface area (Å²) in [7, 11) is 0. The minimum absolute atomic E-state index is 0.0522. The Kier molecular flexibility index (Phi) is 5.04. The molecule has 0 aromatic carbocycles. The Labute approximate surface area is 103 Å². The number of terminal acetylenes is 1. The highest BCUT2D eigenvalue weighted by Gasteiger charge is 2.47. The average Bonchev–Trinajstić information content (AvgIpc) is 2.37. The SMILES string of the molecule is C#CCC(C#N)(C(=O)OCC)C1CCCCC1. The number of rotatable bonds is 4. The third-order valence-electron chi connectivity index (χ3n) is 3.52. The normalized spacial score (nSPS) is 19.7. The van der Waals surface area contributed by atoms with Crippen molar-refractivity contribution in [3.8, 4) is 18.4 Å². The second kappa shape index (κ2) is 6.30. The molecule has 0 aromatic rings. The molecule has 0 aliphatic heterocycles. The largest absolute Gasteiger partial charge is 0.465 e. The van der Waals surface area contributed by atoms with Crippen molar-refractivity contribution >= 4 is 5.97 Å². The van der Waals surface area contributed by atoms with E-state index in [0.29, 0.717) is 6.61 Å². The Balaban J connectivity index is 2.95. The third-order valence-corrected chi connectivity index (χ3v) is 3.52. The molecular formula is C14H19NO2. The lowest BCUT2D eigenvalue weighted by atomic mass is 9.68. The molecule has 1 aliphatic rings. The monoisotopic (exact) mass is 233 g/mol. The van der Waals surface area contributed by atoms with Gasteiger partial charge < -0.3 is 4.74 Å². The maximum atomic E-state index is 12.0. The Morgan fingerprint density at radius 2 is 2.12 bits per heavy atom. The second-order valence-corrected chi connectivity index (χ2v) is 4.52. The lowest BCUT2D eigenvalue weighted by Gasteiger charge is -2.34. The molecule has 1 fully saturated rings. The van der Waals surface area contributed by atoms with Crippen LogP contribution in [-0.4, -0.2) is 12.6 Å². The van der Waals surface area contributed by atoms with Gasteiger partial charge in [-0.25, -0.2) is 0 Å². The fourth-order valence-electron chi connectivity index (χ4n) is 2.58. The molecule has 0 heterocycles. The summed E-state index contributed by atoms with van der Waals surface area (Å²) in [5.41, 5.74) is -1.12. The number of carbonyl (C=O) groups excluding carboxylic acids is 1. The summed E-state index contributed by atoms with van der Waals surface area (Å²) in [6.45, 7) is 2.04. The van der Waals surface area contributed by atoms with Crippen molar-refractivity contribution in [1.82, 2.24) is 0 Å². The van der Waals surface area contributed by atoms with Crippen LogP contribution < -0.4 is 0 Å². The van der Waals surface area contributed by atoms with E-state index in [1.165, 1.54) is 6.42 Å². The van der Waals surface area contributed by atoms with E-state index in [1.807, 2.05) is 0 Å². The number of esters is 1. The van der Waals surface area contributed by atoms with Gasteiger partial charge in [-0.1, -0.05) is 19.3 Å². The molecule has 3 heteroatoms. The van der Waals surface area contributed by atoms with Gasteiger partial charge in [0.25, 0.3) is 0 Å². The first-order valence-electron chi connectivity index (χ1n) is 6.23. The van der Waals surface area contributed by atoms with E-state index in [2.05, 4.69) is 12.0 Å². The fraction of sp³-hybridized carbons (Fsp3) is 0.714. The standard InChI is InChI=1S/C14H19NO2/c1-3-10-14(11-15,13(16)17-4-2)12-8-6-5-7-9-12/h1,12H,4-10H2,2H3. The van der Waals surface area contributed by atoms with E-state index in [4.69, 9.17) is 11.2 Å². The van der Waals surface area contributed by atoms with Crippen LogP contribution in [0.3, 0.4) is 0 Å². The maximum absolute atomic E-state index is 12.0. The van der Waals surface area contributed by atoms with Crippen molar-refractivity contribution in [3.63, 3.8) is 0 Å². The van der Waals surface area contributed by atoms with Gasteiger partial charge in [0.05, 0.1) is 12.7 Å². The highest BCUT2D eigenvalue weighted by molar-refractivity contribution is 5.81. The summed E-state index contributed by atoms with van der Waals surface area (Å²) in [5, 5.41) is 9.41. The van der Waals surface area contributed by atoms with Crippen molar-refractivity contribution in [3.05, 3.63) is 0 Å². The fourth-order valence-corrected chi connectivity index (χ4v) is 2.58. The lowest BCUT2D eigenvalue weighted by Crippen LogP contribution is -2.39. The summed E-state index contributed by atoms with van der Waals surface area (Å²) in [4.78, 5) is 12.0. The van der Waals surface area contributed by atoms with Crippen LogP contribution in [0.25, 0.3) is 0 Å². The van der Waals surface area contributed by atoms with Crippen LogP contribution in [-0.2, 0) is 9.53 Å². The van der Waals surface area contributed by atoms with Crippen LogP contribution in [0.4, 0.5) is 0 Å². The molecule has 0 aromatic heterocycles. The molecule has 1 aliphatic carbocycles. The van der Waals surface area contributed by atoms with Gasteiger partial charge in [0.2, 0.25) is 0 Å². The number of nitrogens with zero attached hydrogens (tertiary/aromatic N) is 1. The van der Waals surface area contributed by atoms with E-state index in [0.717, 1.165) is 25.7 Å². The van der Waals surface area contributed by atoms with Crippen molar-refractivity contribution < 1.29 is 9.53 Å². The zero-order valence-electron chi connectivity index (χ0n) is 10.4. The predicted octanol–water partition coefficient (Wildman–Crippen LogP) is 2.66. The summed E-state index contributed by atoms with van der Waals surface area (Å²) >= 11 is 0. The first kappa shape index (κ1) is 13.6. The van der Waals surface area contributed by atoms with Gasteiger partial charge in [-0.05, 0) is 25.7 Å². The van der Waals surface area contributed by atoms with Crippen LogP contribution >= 0.6 is 0 Å². The number of hydrogen-bond acceptors (Lipinski definition) is 3. The summed E-state index contributed by atoms with van der Waals surface area (Å²) in [6, 6.07) is 2.15. The molecule has 1 rings (SSSR count). The Hall–Kier alpha value is -1.48. The van der Waals surface area contributed by atoms with E-state index in [9.17, 15) is 10.1 Å². The summed E-state index contributed by atoms with van der Waals surface area (Å²) in [5.74, 6) is 2.09. The molecule has 1 unspecified atom stereocenters. The second-order valence-electron chi connectivity index (χ2n) is 4.52. The molecule has 1 atom stereocenters. The van der Waals surface area contributed by atoms with Crippen LogP contribution in [0.1, 0.15) is 45.4 Å². The first-order valence-corrected chi connectivity index (χ1v) is 6.23. The summed E-state index contributed by atoms with van der Waals surface area (Å²) < 4.78 is 5.05. The van der Waals surface area contributed by atoms with Gasteiger partial charge in [0.1, 0.15) is 0 Å². The Bertz CT molecular complexity index is 344. The van der Waals surface area contributed by atoms with E-state index >= 15 is 0 Å². The zero-order chi connectivity index (χ0) is 12.7. The number of hydrogen-bond donors (Lipinski definition) is 0. The van der Waals surface area contributed by atoms with Crippen LogP contribution in [0.2, 0.25) is 0 Å². The number of carbonyl (C=O) groups is 1. The van der Waals surface area contributed by atoms with E-state index in [-0.39, 0.29) is 12.3 Å². The lowest BCUT2D eigenvalue weighted by molar-refractivity contribution is -0.155. The maximum Gasteiger partial charge on any atom is 0.327 e. The molecule has 0 amide bonds. The van der Waals surface area contributed by atoms with Gasteiger partial charge in [0, 0.05) is 6.42 Å². The molecule has 0 bridgehead atoms. The quantitative estimate of drug-likeness (QED) is 0.554. The van der Waals surface area contributed by atoms with Crippen molar-refractivity contribution in [2.45, 2.75) is 45.4 Å². The Morgan fingerprint density at radius 3 is 2.59 bits per heavy atom. The molecule has 0 saturated heterocycles. The number of ether oxygens (including phenoxy) is 1. The van der Waals surface area contributed by atoms with Crippen molar-refractivity contribution in [2.75, 3.05) is 6.61 Å². The van der Waals surface area contributed by atoms with Gasteiger partial charge in [-0.15, -0.1) is 12.3 Å². The first-order chi connectivity index (χ1) is 8.21. The molecular weight excluding hydrogens is 214 g/mol. The highest BCUT2D eigenvalue weighted by Crippen LogP contribution is 2.41. The smallest absolute Gasteiger partial charge is 0.327 e. The average molecular weight is 233 g/mol. The summed E-state index contributed by atoms with van der Waals surface area (Å²) in [6.07, 6.45) is 10.6. The molecule has 3 nitrogen and oxygen atoms in total. The van der Waals surface area contributed by atoms with Gasteiger partial charge in [-0.3, -0.25) is 4.79 Å². The topological polar surface area (TPSA) is 50.1 Å². The van der Waals surface area contributed by atoms with Crippen molar-refractivity contribution in [2.24, 2.45) is 11.3 Å². The minimum atomic E-state index is -1.12. The third kappa shape index (κ3) is 2.80. The molecule has 0 radical (unpaired) electrons. The molecule has 92 valence electrons. The van der Waals surface area contributed by atoms with Gasteiger partial charge >= 0.3 is 5.97 Å².